The average molecular weight is 321 g/mol. The molecule has 0 unspecified atom stereocenters. The van der Waals surface area contributed by atoms with E-state index in [1.165, 1.54) is 0 Å². The summed E-state index contributed by atoms with van der Waals surface area (Å²) < 4.78 is 13.5. The first-order valence-corrected chi connectivity index (χ1v) is 7.99. The highest BCUT2D eigenvalue weighted by Gasteiger charge is 2.03. The van der Waals surface area contributed by atoms with Crippen LogP contribution in [0.1, 0.15) is 22.3 Å². The Morgan fingerprint density at radius 2 is 1.79 bits per heavy atom. The van der Waals surface area contributed by atoms with Gasteiger partial charge in [0, 0.05) is 12.4 Å². The Balaban J connectivity index is 1.70. The molecule has 24 heavy (non-hydrogen) atoms. The highest BCUT2D eigenvalue weighted by atomic mass is 19.1. The van der Waals surface area contributed by atoms with Crippen molar-refractivity contribution in [3.8, 4) is 0 Å². The number of pyridine rings is 2. The van der Waals surface area contributed by atoms with E-state index in [4.69, 9.17) is 0 Å². The minimum atomic E-state index is -0.172. The van der Waals surface area contributed by atoms with E-state index < -0.39 is 0 Å². The molecule has 0 saturated carbocycles. The normalized spacial score (nSPS) is 10.6. The fourth-order valence-electron chi connectivity index (χ4n) is 2.68. The van der Waals surface area contributed by atoms with E-state index in [2.05, 4.69) is 15.3 Å². The van der Waals surface area contributed by atoms with E-state index in [-0.39, 0.29) is 5.82 Å². The molecule has 2 aromatic heterocycles. The second kappa shape index (κ2) is 7.21. The van der Waals surface area contributed by atoms with Crippen LogP contribution in [0.15, 0.2) is 55.0 Å². The predicted molar refractivity (Wildman–Crippen MR) is 95.0 cm³/mol. The number of hydrogen-bond acceptors (Lipinski definition) is 3. The van der Waals surface area contributed by atoms with Gasteiger partial charge >= 0.3 is 0 Å². The summed E-state index contributed by atoms with van der Waals surface area (Å²) in [6.45, 7) is 3.94. The van der Waals surface area contributed by atoms with Gasteiger partial charge in [0.25, 0.3) is 0 Å². The van der Waals surface area contributed by atoms with E-state index in [0.717, 1.165) is 46.6 Å². The van der Waals surface area contributed by atoms with Gasteiger partial charge in [0.05, 0.1) is 11.9 Å². The Labute approximate surface area is 141 Å². The molecule has 0 radical (unpaired) electrons. The molecule has 1 aromatic carbocycles. The first kappa shape index (κ1) is 16.1. The van der Waals surface area contributed by atoms with Crippen molar-refractivity contribution in [3.05, 3.63) is 83.1 Å². The molecule has 0 aliphatic rings. The van der Waals surface area contributed by atoms with Gasteiger partial charge in [-0.05, 0) is 79.3 Å². The van der Waals surface area contributed by atoms with Crippen molar-refractivity contribution in [1.82, 2.24) is 9.97 Å². The lowest BCUT2D eigenvalue weighted by Gasteiger charge is -2.09. The maximum atomic E-state index is 13.5. The molecule has 0 amide bonds. The second-order valence-electron chi connectivity index (χ2n) is 6.00. The first-order valence-electron chi connectivity index (χ1n) is 7.99. The van der Waals surface area contributed by atoms with Crippen molar-refractivity contribution in [2.75, 3.05) is 5.32 Å². The Morgan fingerprint density at radius 1 is 0.958 bits per heavy atom. The van der Waals surface area contributed by atoms with E-state index in [0.29, 0.717) is 0 Å². The molecule has 3 nitrogen and oxygen atoms in total. The van der Waals surface area contributed by atoms with Crippen LogP contribution in [0.4, 0.5) is 15.9 Å². The number of nitrogens with zero attached hydrogens (tertiary/aromatic N) is 2. The van der Waals surface area contributed by atoms with Gasteiger partial charge in [0.2, 0.25) is 0 Å². The van der Waals surface area contributed by atoms with Crippen molar-refractivity contribution >= 4 is 11.5 Å². The Morgan fingerprint density at radius 3 is 2.58 bits per heavy atom. The number of halogens is 1. The summed E-state index contributed by atoms with van der Waals surface area (Å²) in [6, 6.07) is 11.2. The average Bonchev–Trinajstić information content (AvgIpc) is 2.55. The van der Waals surface area contributed by atoms with Gasteiger partial charge in [0.1, 0.15) is 11.6 Å². The topological polar surface area (TPSA) is 37.8 Å². The fourth-order valence-corrected chi connectivity index (χ4v) is 2.68. The van der Waals surface area contributed by atoms with Gasteiger partial charge in [0.15, 0.2) is 0 Å². The molecule has 122 valence electrons. The van der Waals surface area contributed by atoms with E-state index in [1.807, 2.05) is 38.1 Å². The molecule has 3 rings (SSSR count). The van der Waals surface area contributed by atoms with Gasteiger partial charge in [-0.3, -0.25) is 4.98 Å². The molecule has 0 saturated heterocycles. The Hall–Kier alpha value is -2.75. The summed E-state index contributed by atoms with van der Waals surface area (Å²) in [6.07, 6.45) is 6.99. The van der Waals surface area contributed by atoms with Crippen LogP contribution < -0.4 is 5.32 Å². The van der Waals surface area contributed by atoms with Gasteiger partial charge < -0.3 is 5.32 Å². The van der Waals surface area contributed by atoms with Crippen molar-refractivity contribution in [2.45, 2.75) is 26.7 Å². The lowest BCUT2D eigenvalue weighted by atomic mass is 10.0. The Bertz CT molecular complexity index is 826. The molecule has 0 bridgehead atoms. The summed E-state index contributed by atoms with van der Waals surface area (Å²) >= 11 is 0. The summed E-state index contributed by atoms with van der Waals surface area (Å²) in [5, 5.41) is 3.30. The largest absolute Gasteiger partial charge is 0.339 e. The predicted octanol–water partition coefficient (Wildman–Crippen LogP) is 4.76. The van der Waals surface area contributed by atoms with Crippen molar-refractivity contribution < 1.29 is 4.39 Å². The highest BCUT2D eigenvalue weighted by Crippen LogP contribution is 2.19. The third-order valence-corrected chi connectivity index (χ3v) is 3.93. The molecule has 2 heterocycles. The SMILES string of the molecule is Cc1cc(F)cc(CCc2ccnc(Nc3cnccc3C)c2)c1. The van der Waals surface area contributed by atoms with E-state index in [9.17, 15) is 4.39 Å². The van der Waals surface area contributed by atoms with Crippen molar-refractivity contribution in [3.63, 3.8) is 0 Å². The van der Waals surface area contributed by atoms with Gasteiger partial charge in [-0.2, -0.15) is 0 Å². The van der Waals surface area contributed by atoms with Crippen LogP contribution in [-0.2, 0) is 12.8 Å². The summed E-state index contributed by atoms with van der Waals surface area (Å²) in [7, 11) is 0. The number of aryl methyl sites for hydroxylation is 4. The van der Waals surface area contributed by atoms with Gasteiger partial charge in [-0.1, -0.05) is 6.07 Å². The fraction of sp³-hybridized carbons (Fsp3) is 0.200. The first-order chi connectivity index (χ1) is 11.6. The minimum absolute atomic E-state index is 0.172. The van der Waals surface area contributed by atoms with Gasteiger partial charge in [-0.15, -0.1) is 0 Å². The van der Waals surface area contributed by atoms with E-state index in [1.54, 1.807) is 30.7 Å². The van der Waals surface area contributed by atoms with Crippen LogP contribution in [-0.4, -0.2) is 9.97 Å². The zero-order valence-corrected chi connectivity index (χ0v) is 13.9. The standard InChI is InChI=1S/C20H20FN3/c1-14-9-17(11-18(21)10-14)4-3-16-6-8-23-20(12-16)24-19-13-22-7-5-15(19)2/h5-13H,3-4H2,1-2H3,(H,23,24). The van der Waals surface area contributed by atoms with Crippen LogP contribution in [0.25, 0.3) is 0 Å². The molecule has 0 aliphatic carbocycles. The van der Waals surface area contributed by atoms with Crippen LogP contribution in [0.5, 0.6) is 0 Å². The number of aromatic nitrogens is 2. The van der Waals surface area contributed by atoms with E-state index >= 15 is 0 Å². The molecule has 0 atom stereocenters. The minimum Gasteiger partial charge on any atom is -0.339 e. The maximum absolute atomic E-state index is 13.5. The molecule has 0 spiro atoms. The van der Waals surface area contributed by atoms with Crippen LogP contribution >= 0.6 is 0 Å². The molecular formula is C20H20FN3. The lowest BCUT2D eigenvalue weighted by Crippen LogP contribution is -1.99. The summed E-state index contributed by atoms with van der Waals surface area (Å²) in [5.74, 6) is 0.619. The second-order valence-corrected chi connectivity index (χ2v) is 6.00. The molecular weight excluding hydrogens is 301 g/mol. The van der Waals surface area contributed by atoms with Crippen LogP contribution in [0.3, 0.4) is 0 Å². The van der Waals surface area contributed by atoms with Crippen LogP contribution in [0.2, 0.25) is 0 Å². The van der Waals surface area contributed by atoms with Crippen LogP contribution in [0, 0.1) is 19.7 Å². The monoisotopic (exact) mass is 321 g/mol. The maximum Gasteiger partial charge on any atom is 0.130 e. The summed E-state index contributed by atoms with van der Waals surface area (Å²) in [4.78, 5) is 8.49. The number of anilines is 2. The lowest BCUT2D eigenvalue weighted by molar-refractivity contribution is 0.624. The third kappa shape index (κ3) is 4.16. The quantitative estimate of drug-likeness (QED) is 0.736. The molecule has 3 aromatic rings. The molecule has 0 aliphatic heterocycles. The highest BCUT2D eigenvalue weighted by molar-refractivity contribution is 5.59. The van der Waals surface area contributed by atoms with Crippen molar-refractivity contribution in [2.24, 2.45) is 0 Å². The zero-order valence-electron chi connectivity index (χ0n) is 13.9. The zero-order chi connectivity index (χ0) is 16.9. The summed E-state index contributed by atoms with van der Waals surface area (Å²) in [5.41, 5.74) is 5.20. The Kier molecular flexibility index (Phi) is 4.85. The van der Waals surface area contributed by atoms with Gasteiger partial charge in [-0.25, -0.2) is 9.37 Å². The van der Waals surface area contributed by atoms with Crippen molar-refractivity contribution in [1.29, 1.82) is 0 Å². The third-order valence-electron chi connectivity index (χ3n) is 3.93. The number of hydrogen-bond donors (Lipinski definition) is 1. The number of benzene rings is 1. The molecule has 1 N–H and O–H groups in total. The molecule has 4 heteroatoms. The molecule has 0 fully saturated rings. The number of rotatable bonds is 5. The number of nitrogens with one attached hydrogen (secondary N) is 1. The smallest absolute Gasteiger partial charge is 0.130 e.